The van der Waals surface area contributed by atoms with Gasteiger partial charge in [0.15, 0.2) is 0 Å². The van der Waals surface area contributed by atoms with Gasteiger partial charge in [0.2, 0.25) is 5.91 Å². The minimum atomic E-state index is -0.818. The van der Waals surface area contributed by atoms with E-state index in [1.54, 1.807) is 24.3 Å². The van der Waals surface area contributed by atoms with Crippen LogP contribution in [0.1, 0.15) is 26.3 Å². The average Bonchev–Trinajstić information content (AvgIpc) is 2.46. The molecular weight excluding hydrogens is 273 g/mol. The fourth-order valence-corrected chi connectivity index (χ4v) is 1.82. The molecule has 21 heavy (non-hydrogen) atoms. The summed E-state index contributed by atoms with van der Waals surface area (Å²) in [6, 6.07) is 10.8. The van der Waals surface area contributed by atoms with E-state index in [2.05, 4.69) is 5.32 Å². The summed E-state index contributed by atoms with van der Waals surface area (Å²) in [5, 5.41) is 3.04. The van der Waals surface area contributed by atoms with Crippen molar-refractivity contribution in [3.8, 4) is 0 Å². The first-order valence-corrected chi connectivity index (χ1v) is 6.19. The summed E-state index contributed by atoms with van der Waals surface area (Å²) in [7, 11) is 0. The predicted octanol–water partition coefficient (Wildman–Crippen LogP) is 1.64. The summed E-state index contributed by atoms with van der Waals surface area (Å²) in [4.78, 5) is 22.0. The smallest absolute Gasteiger partial charge is 0.251 e. The van der Waals surface area contributed by atoms with Gasteiger partial charge in [0.1, 0.15) is 5.82 Å². The molecule has 0 aromatic heterocycles. The van der Waals surface area contributed by atoms with Gasteiger partial charge >= 0.3 is 0 Å². The van der Waals surface area contributed by atoms with Gasteiger partial charge in [-0.05, 0) is 35.9 Å². The maximum atomic E-state index is 13.3. The lowest BCUT2D eigenvalue weighted by molar-refractivity contribution is 0.0989. The predicted molar refractivity (Wildman–Crippen MR) is 77.2 cm³/mol. The first-order chi connectivity index (χ1) is 9.97. The number of amides is 2. The molecule has 108 valence electrons. The van der Waals surface area contributed by atoms with Crippen molar-refractivity contribution in [1.29, 1.82) is 0 Å². The van der Waals surface area contributed by atoms with Crippen LogP contribution in [0, 0.1) is 5.82 Å². The zero-order chi connectivity index (χ0) is 15.4. The van der Waals surface area contributed by atoms with Gasteiger partial charge in [-0.3, -0.25) is 9.59 Å². The van der Waals surface area contributed by atoms with E-state index in [0.29, 0.717) is 17.8 Å². The summed E-state index contributed by atoms with van der Waals surface area (Å²) in [5.74, 6) is -1.96. The second-order valence-electron chi connectivity index (χ2n) is 4.47. The van der Waals surface area contributed by atoms with Gasteiger partial charge in [-0.1, -0.05) is 12.1 Å². The van der Waals surface area contributed by atoms with Crippen LogP contribution in [0.25, 0.3) is 0 Å². The van der Waals surface area contributed by atoms with E-state index < -0.39 is 17.6 Å². The molecule has 0 aliphatic heterocycles. The lowest BCUT2D eigenvalue weighted by atomic mass is 10.1. The SMILES string of the molecule is NC(=O)c1ccc(CNc2ccc(F)c(C(N)=O)c2)cc1. The number of carbonyl (C=O) groups excluding carboxylic acids is 2. The molecule has 2 aromatic carbocycles. The quantitative estimate of drug-likeness (QED) is 0.779. The lowest BCUT2D eigenvalue weighted by Crippen LogP contribution is -2.13. The molecule has 2 aromatic rings. The largest absolute Gasteiger partial charge is 0.381 e. The Morgan fingerprint density at radius 1 is 1.00 bits per heavy atom. The van der Waals surface area contributed by atoms with Crippen molar-refractivity contribution in [2.45, 2.75) is 6.54 Å². The van der Waals surface area contributed by atoms with Gasteiger partial charge in [-0.2, -0.15) is 0 Å². The number of hydrogen-bond donors (Lipinski definition) is 3. The third-order valence-corrected chi connectivity index (χ3v) is 2.97. The van der Waals surface area contributed by atoms with Crippen LogP contribution in [0.15, 0.2) is 42.5 Å². The van der Waals surface area contributed by atoms with Gasteiger partial charge < -0.3 is 16.8 Å². The van der Waals surface area contributed by atoms with Crippen molar-refractivity contribution in [3.63, 3.8) is 0 Å². The Hall–Kier alpha value is -2.89. The number of rotatable bonds is 5. The first-order valence-electron chi connectivity index (χ1n) is 6.19. The number of benzene rings is 2. The van der Waals surface area contributed by atoms with Crippen molar-refractivity contribution < 1.29 is 14.0 Å². The number of anilines is 1. The number of nitrogens with one attached hydrogen (secondary N) is 1. The van der Waals surface area contributed by atoms with E-state index >= 15 is 0 Å². The zero-order valence-corrected chi connectivity index (χ0v) is 11.1. The Balaban J connectivity index is 2.07. The van der Waals surface area contributed by atoms with Crippen molar-refractivity contribution >= 4 is 17.5 Å². The standard InChI is InChI=1S/C15H14FN3O2/c16-13-6-5-11(7-12(13)15(18)21)19-8-9-1-3-10(4-2-9)14(17)20/h1-7,19H,8H2,(H2,17,20)(H2,18,21). The maximum absolute atomic E-state index is 13.3. The molecule has 0 aliphatic rings. The Labute approximate surface area is 120 Å². The number of primary amides is 2. The fourth-order valence-electron chi connectivity index (χ4n) is 1.82. The van der Waals surface area contributed by atoms with Crippen LogP contribution in [0.2, 0.25) is 0 Å². The van der Waals surface area contributed by atoms with Gasteiger partial charge in [-0.25, -0.2) is 4.39 Å². The van der Waals surface area contributed by atoms with E-state index in [-0.39, 0.29) is 5.56 Å². The van der Waals surface area contributed by atoms with Crippen molar-refractivity contribution in [1.82, 2.24) is 0 Å². The first kappa shape index (κ1) is 14.5. The molecule has 0 unspecified atom stereocenters. The van der Waals surface area contributed by atoms with Crippen molar-refractivity contribution in [2.24, 2.45) is 11.5 Å². The molecule has 2 amide bonds. The van der Waals surface area contributed by atoms with Crippen molar-refractivity contribution in [3.05, 3.63) is 65.0 Å². The second kappa shape index (κ2) is 6.04. The number of hydrogen-bond acceptors (Lipinski definition) is 3. The van der Waals surface area contributed by atoms with Crippen LogP contribution >= 0.6 is 0 Å². The lowest BCUT2D eigenvalue weighted by Gasteiger charge is -2.08. The van der Waals surface area contributed by atoms with Crippen LogP contribution in [-0.4, -0.2) is 11.8 Å². The molecule has 0 radical (unpaired) electrons. The highest BCUT2D eigenvalue weighted by atomic mass is 19.1. The Kier molecular flexibility index (Phi) is 4.18. The Bertz CT molecular complexity index is 684. The highest BCUT2D eigenvalue weighted by molar-refractivity contribution is 5.94. The number of carbonyl (C=O) groups is 2. The normalized spacial score (nSPS) is 10.1. The van der Waals surface area contributed by atoms with Crippen molar-refractivity contribution in [2.75, 3.05) is 5.32 Å². The third-order valence-electron chi connectivity index (χ3n) is 2.97. The Morgan fingerprint density at radius 2 is 1.67 bits per heavy atom. The molecule has 0 aliphatic carbocycles. The molecule has 0 atom stereocenters. The minimum absolute atomic E-state index is 0.163. The molecule has 6 heteroatoms. The van der Waals surface area contributed by atoms with Gasteiger partial charge in [0.05, 0.1) is 5.56 Å². The van der Waals surface area contributed by atoms with Crippen LogP contribution in [0.3, 0.4) is 0 Å². The maximum Gasteiger partial charge on any atom is 0.251 e. The molecule has 0 bridgehead atoms. The minimum Gasteiger partial charge on any atom is -0.381 e. The summed E-state index contributed by atoms with van der Waals surface area (Å²) in [5.41, 5.74) is 12.0. The topological polar surface area (TPSA) is 98.2 Å². The van der Waals surface area contributed by atoms with Crippen LogP contribution in [0.5, 0.6) is 0 Å². The van der Waals surface area contributed by atoms with Crippen LogP contribution in [0.4, 0.5) is 10.1 Å². The third kappa shape index (κ3) is 3.56. The van der Waals surface area contributed by atoms with E-state index in [1.807, 2.05) is 0 Å². The van der Waals surface area contributed by atoms with E-state index in [4.69, 9.17) is 11.5 Å². The molecule has 2 rings (SSSR count). The van der Waals surface area contributed by atoms with Crippen LogP contribution in [-0.2, 0) is 6.54 Å². The number of halogens is 1. The summed E-state index contributed by atoms with van der Waals surface area (Å²) in [6.07, 6.45) is 0. The van der Waals surface area contributed by atoms with Gasteiger partial charge in [0.25, 0.3) is 5.91 Å². The van der Waals surface area contributed by atoms with Crippen LogP contribution < -0.4 is 16.8 Å². The highest BCUT2D eigenvalue weighted by Gasteiger charge is 2.08. The highest BCUT2D eigenvalue weighted by Crippen LogP contribution is 2.15. The van der Waals surface area contributed by atoms with E-state index in [1.165, 1.54) is 18.2 Å². The average molecular weight is 287 g/mol. The molecule has 0 saturated carbocycles. The molecule has 0 fully saturated rings. The molecule has 0 spiro atoms. The Morgan fingerprint density at radius 3 is 2.24 bits per heavy atom. The van der Waals surface area contributed by atoms with Gasteiger partial charge in [0, 0.05) is 17.8 Å². The molecule has 0 heterocycles. The number of nitrogens with two attached hydrogens (primary N) is 2. The summed E-state index contributed by atoms with van der Waals surface area (Å²) >= 11 is 0. The monoisotopic (exact) mass is 287 g/mol. The molecule has 5 nitrogen and oxygen atoms in total. The fraction of sp³-hybridized carbons (Fsp3) is 0.0667. The molecule has 5 N–H and O–H groups in total. The molecular formula is C15H14FN3O2. The molecule has 0 saturated heterocycles. The zero-order valence-electron chi connectivity index (χ0n) is 11.1. The van der Waals surface area contributed by atoms with E-state index in [9.17, 15) is 14.0 Å². The summed E-state index contributed by atoms with van der Waals surface area (Å²) < 4.78 is 13.3. The summed E-state index contributed by atoms with van der Waals surface area (Å²) in [6.45, 7) is 0.447. The van der Waals surface area contributed by atoms with E-state index in [0.717, 1.165) is 5.56 Å². The van der Waals surface area contributed by atoms with Gasteiger partial charge in [-0.15, -0.1) is 0 Å². The second-order valence-corrected chi connectivity index (χ2v) is 4.47.